The molecule has 0 saturated carbocycles. The van der Waals surface area contributed by atoms with Gasteiger partial charge in [-0.3, -0.25) is 4.79 Å². The molecular weight excluding hydrogens is 424 g/mol. The Hall–Kier alpha value is -2.38. The fourth-order valence-corrected chi connectivity index (χ4v) is 5.77. The largest absolute Gasteiger partial charge is 0.497 e. The first-order chi connectivity index (χ1) is 15.4. The van der Waals surface area contributed by atoms with Crippen LogP contribution in [0.2, 0.25) is 0 Å². The van der Waals surface area contributed by atoms with E-state index in [1.165, 1.54) is 4.31 Å². The number of piperidine rings is 1. The summed E-state index contributed by atoms with van der Waals surface area (Å²) in [6.45, 7) is 2.78. The smallest absolute Gasteiger partial charge is 0.224 e. The molecule has 1 aliphatic rings. The highest BCUT2D eigenvalue weighted by Crippen LogP contribution is 2.24. The van der Waals surface area contributed by atoms with E-state index in [9.17, 15) is 13.2 Å². The van der Waals surface area contributed by atoms with Crippen molar-refractivity contribution in [1.29, 1.82) is 0 Å². The van der Waals surface area contributed by atoms with Crippen LogP contribution in [0.1, 0.15) is 49.8 Å². The van der Waals surface area contributed by atoms with Crippen LogP contribution in [0, 0.1) is 5.92 Å². The number of aryl methyl sites for hydroxylation is 1. The molecule has 2 atom stereocenters. The predicted octanol–water partition coefficient (Wildman–Crippen LogP) is 3.94. The minimum atomic E-state index is -3.37. The number of benzene rings is 2. The third-order valence-electron chi connectivity index (χ3n) is 6.10. The zero-order valence-corrected chi connectivity index (χ0v) is 19.8. The summed E-state index contributed by atoms with van der Waals surface area (Å²) in [5.74, 6) is 0.492. The molecule has 0 aliphatic carbocycles. The van der Waals surface area contributed by atoms with Gasteiger partial charge in [0.25, 0.3) is 0 Å². The van der Waals surface area contributed by atoms with E-state index >= 15 is 0 Å². The Labute approximate surface area is 192 Å². The Morgan fingerprint density at radius 3 is 2.53 bits per heavy atom. The number of carbonyl (C=O) groups excluding carboxylic acids is 1. The predicted molar refractivity (Wildman–Crippen MR) is 127 cm³/mol. The standard InChI is InChI=1S/C25H34N2O4S/c1-3-24(21-13-15-23(31-2)16-14-21)26-25(28)22-12-7-17-27(19-22)32(29,30)18-8-11-20-9-5-4-6-10-20/h4-6,9-10,13-16,22,24H,3,7-8,11-12,17-19H2,1-2H3,(H,26,28)/t22-,24-/m0/s1. The number of carbonyl (C=O) groups is 1. The summed E-state index contributed by atoms with van der Waals surface area (Å²) in [6.07, 6.45) is 3.48. The number of ether oxygens (including phenoxy) is 1. The average Bonchev–Trinajstić information content (AvgIpc) is 2.83. The Morgan fingerprint density at radius 1 is 1.16 bits per heavy atom. The number of sulfonamides is 1. The zero-order valence-electron chi connectivity index (χ0n) is 19.0. The second-order valence-corrected chi connectivity index (χ2v) is 10.4. The van der Waals surface area contributed by atoms with E-state index in [1.54, 1.807) is 7.11 Å². The highest BCUT2D eigenvalue weighted by molar-refractivity contribution is 7.89. The maximum absolute atomic E-state index is 13.0. The molecule has 2 aromatic rings. The number of hydrogen-bond donors (Lipinski definition) is 1. The van der Waals surface area contributed by atoms with Crippen LogP contribution in [0.15, 0.2) is 54.6 Å². The van der Waals surface area contributed by atoms with E-state index in [-0.39, 0.29) is 30.2 Å². The molecule has 6 nitrogen and oxygen atoms in total. The highest BCUT2D eigenvalue weighted by atomic mass is 32.2. The highest BCUT2D eigenvalue weighted by Gasteiger charge is 2.32. The Bertz CT molecular complexity index is 961. The van der Waals surface area contributed by atoms with Gasteiger partial charge in [-0.05, 0) is 55.4 Å². The van der Waals surface area contributed by atoms with Crippen LogP contribution in [-0.4, -0.2) is 44.6 Å². The van der Waals surface area contributed by atoms with Gasteiger partial charge in [-0.2, -0.15) is 0 Å². The summed E-state index contributed by atoms with van der Waals surface area (Å²) in [5, 5.41) is 3.13. The number of rotatable bonds is 10. The first-order valence-corrected chi connectivity index (χ1v) is 13.0. The number of nitrogens with zero attached hydrogens (tertiary/aromatic N) is 1. The third kappa shape index (κ3) is 6.56. The van der Waals surface area contributed by atoms with Gasteiger partial charge in [0.05, 0.1) is 24.8 Å². The van der Waals surface area contributed by atoms with E-state index in [0.29, 0.717) is 25.8 Å². The van der Waals surface area contributed by atoms with Crippen molar-refractivity contribution in [3.63, 3.8) is 0 Å². The molecule has 0 aromatic heterocycles. The monoisotopic (exact) mass is 458 g/mol. The fourth-order valence-electron chi connectivity index (χ4n) is 4.19. The first-order valence-electron chi connectivity index (χ1n) is 11.4. The molecule has 1 heterocycles. The van der Waals surface area contributed by atoms with Crippen LogP contribution in [0.5, 0.6) is 5.75 Å². The maximum Gasteiger partial charge on any atom is 0.224 e. The summed E-state index contributed by atoms with van der Waals surface area (Å²) in [6, 6.07) is 17.5. The minimum Gasteiger partial charge on any atom is -0.497 e. The Balaban J connectivity index is 1.55. The number of nitrogens with one attached hydrogen (secondary N) is 1. The molecule has 32 heavy (non-hydrogen) atoms. The van der Waals surface area contributed by atoms with Gasteiger partial charge in [0, 0.05) is 13.1 Å². The molecule has 0 unspecified atom stereocenters. The van der Waals surface area contributed by atoms with Crippen molar-refractivity contribution in [1.82, 2.24) is 9.62 Å². The molecule has 1 amide bonds. The van der Waals surface area contributed by atoms with Crippen molar-refractivity contribution in [2.24, 2.45) is 5.92 Å². The van der Waals surface area contributed by atoms with Gasteiger partial charge in [0.15, 0.2) is 0 Å². The van der Waals surface area contributed by atoms with E-state index in [0.717, 1.165) is 29.7 Å². The molecule has 0 bridgehead atoms. The first kappa shape index (κ1) is 24.3. The van der Waals surface area contributed by atoms with Crippen LogP contribution in [0.3, 0.4) is 0 Å². The second kappa shape index (κ2) is 11.5. The van der Waals surface area contributed by atoms with Crippen LogP contribution < -0.4 is 10.1 Å². The molecule has 1 saturated heterocycles. The minimum absolute atomic E-state index is 0.0724. The fraction of sp³-hybridized carbons (Fsp3) is 0.480. The summed E-state index contributed by atoms with van der Waals surface area (Å²) in [7, 11) is -1.75. The van der Waals surface area contributed by atoms with Gasteiger partial charge in [0.1, 0.15) is 5.75 Å². The topological polar surface area (TPSA) is 75.7 Å². The molecule has 1 fully saturated rings. The van der Waals surface area contributed by atoms with Crippen molar-refractivity contribution >= 4 is 15.9 Å². The molecule has 3 rings (SSSR count). The van der Waals surface area contributed by atoms with Crippen molar-refractivity contribution in [3.8, 4) is 5.75 Å². The molecular formula is C25H34N2O4S. The average molecular weight is 459 g/mol. The molecule has 1 aliphatic heterocycles. The van der Waals surface area contributed by atoms with Gasteiger partial charge in [-0.15, -0.1) is 0 Å². The van der Waals surface area contributed by atoms with Crippen LogP contribution in [0.4, 0.5) is 0 Å². The van der Waals surface area contributed by atoms with E-state index in [2.05, 4.69) is 5.32 Å². The Kier molecular flexibility index (Phi) is 8.70. The number of amides is 1. The van der Waals surface area contributed by atoms with Crippen LogP contribution >= 0.6 is 0 Å². The summed E-state index contributed by atoms with van der Waals surface area (Å²) in [4.78, 5) is 13.0. The molecule has 174 valence electrons. The lowest BCUT2D eigenvalue weighted by molar-refractivity contribution is -0.126. The third-order valence-corrected chi connectivity index (χ3v) is 8.02. The van der Waals surface area contributed by atoms with E-state index in [1.807, 2.05) is 61.5 Å². The lowest BCUT2D eigenvalue weighted by Crippen LogP contribution is -2.46. The number of hydrogen-bond acceptors (Lipinski definition) is 4. The number of methoxy groups -OCH3 is 1. The van der Waals surface area contributed by atoms with Gasteiger partial charge in [-0.25, -0.2) is 12.7 Å². The van der Waals surface area contributed by atoms with Crippen molar-refractivity contribution in [3.05, 3.63) is 65.7 Å². The van der Waals surface area contributed by atoms with E-state index < -0.39 is 10.0 Å². The molecule has 2 aromatic carbocycles. The summed E-state index contributed by atoms with van der Waals surface area (Å²) < 4.78 is 32.5. The van der Waals surface area contributed by atoms with Gasteiger partial charge in [0.2, 0.25) is 15.9 Å². The van der Waals surface area contributed by atoms with Gasteiger partial charge in [-0.1, -0.05) is 49.4 Å². The SMILES string of the molecule is CC[C@H](NC(=O)[C@H]1CCCN(S(=O)(=O)CCCc2ccccc2)C1)c1ccc(OC)cc1. The molecule has 0 radical (unpaired) electrons. The van der Waals surface area contributed by atoms with E-state index in [4.69, 9.17) is 4.74 Å². The van der Waals surface area contributed by atoms with Crippen molar-refractivity contribution in [2.75, 3.05) is 26.0 Å². The maximum atomic E-state index is 13.0. The van der Waals surface area contributed by atoms with Crippen LogP contribution in [0.25, 0.3) is 0 Å². The summed E-state index contributed by atoms with van der Waals surface area (Å²) in [5.41, 5.74) is 2.16. The van der Waals surface area contributed by atoms with Gasteiger partial charge >= 0.3 is 0 Å². The van der Waals surface area contributed by atoms with Crippen molar-refractivity contribution < 1.29 is 17.9 Å². The Morgan fingerprint density at radius 2 is 1.88 bits per heavy atom. The summed E-state index contributed by atoms with van der Waals surface area (Å²) >= 11 is 0. The van der Waals surface area contributed by atoms with Gasteiger partial charge < -0.3 is 10.1 Å². The van der Waals surface area contributed by atoms with Crippen molar-refractivity contribution in [2.45, 2.75) is 45.1 Å². The lowest BCUT2D eigenvalue weighted by Gasteiger charge is -2.32. The lowest BCUT2D eigenvalue weighted by atomic mass is 9.97. The molecule has 0 spiro atoms. The zero-order chi connectivity index (χ0) is 23.0. The normalized spacial score (nSPS) is 18.1. The second-order valence-electron chi connectivity index (χ2n) is 8.34. The molecule has 1 N–H and O–H groups in total. The van der Waals surface area contributed by atoms with Crippen LogP contribution in [-0.2, 0) is 21.2 Å². The quantitative estimate of drug-likeness (QED) is 0.585. The molecule has 7 heteroatoms.